The van der Waals surface area contributed by atoms with Crippen molar-refractivity contribution in [3.8, 4) is 11.1 Å². The molecule has 0 saturated heterocycles. The summed E-state index contributed by atoms with van der Waals surface area (Å²) in [6.45, 7) is 1.68. The number of ether oxygens (including phenoxy) is 3. The summed E-state index contributed by atoms with van der Waals surface area (Å²) in [7, 11) is 1.53. The Bertz CT molecular complexity index is 734. The van der Waals surface area contributed by atoms with E-state index in [1.54, 1.807) is 0 Å². The standard InChI is InChI=1S/C22H27NO5/c1-26-13-16(24)14-27-12-6-11-23-22(25)28-15-21-19-9-4-2-7-17(19)18-8-3-5-10-20(18)21/h2-5,7-10,16,21,24H,6,11-15H2,1H3,(H,23,25). The molecule has 1 amide bonds. The summed E-state index contributed by atoms with van der Waals surface area (Å²) in [5.41, 5.74) is 4.80. The van der Waals surface area contributed by atoms with Gasteiger partial charge in [0.1, 0.15) is 12.7 Å². The molecule has 3 rings (SSSR count). The summed E-state index contributed by atoms with van der Waals surface area (Å²) in [4.78, 5) is 12.0. The maximum absolute atomic E-state index is 12.0. The van der Waals surface area contributed by atoms with E-state index < -0.39 is 12.2 Å². The lowest BCUT2D eigenvalue weighted by Gasteiger charge is -2.14. The molecule has 2 aromatic rings. The number of methoxy groups -OCH3 is 1. The lowest BCUT2D eigenvalue weighted by Crippen LogP contribution is -2.28. The molecule has 0 fully saturated rings. The maximum atomic E-state index is 12.0. The molecule has 1 unspecified atom stereocenters. The largest absolute Gasteiger partial charge is 0.449 e. The summed E-state index contributed by atoms with van der Waals surface area (Å²) in [5.74, 6) is 0.0590. The molecule has 28 heavy (non-hydrogen) atoms. The molecule has 0 radical (unpaired) electrons. The van der Waals surface area contributed by atoms with Crippen LogP contribution in [0.2, 0.25) is 0 Å². The van der Waals surface area contributed by atoms with Crippen LogP contribution in [0.3, 0.4) is 0 Å². The van der Waals surface area contributed by atoms with Gasteiger partial charge < -0.3 is 24.6 Å². The highest BCUT2D eigenvalue weighted by atomic mass is 16.5. The van der Waals surface area contributed by atoms with Gasteiger partial charge in [0.05, 0.1) is 13.2 Å². The van der Waals surface area contributed by atoms with Crippen LogP contribution in [-0.2, 0) is 14.2 Å². The fraction of sp³-hybridized carbons (Fsp3) is 0.409. The third kappa shape index (κ3) is 5.10. The van der Waals surface area contributed by atoms with Crippen LogP contribution in [0.25, 0.3) is 11.1 Å². The molecule has 2 N–H and O–H groups in total. The maximum Gasteiger partial charge on any atom is 0.407 e. The topological polar surface area (TPSA) is 77.0 Å². The van der Waals surface area contributed by atoms with Gasteiger partial charge in [-0.1, -0.05) is 48.5 Å². The molecular weight excluding hydrogens is 358 g/mol. The van der Waals surface area contributed by atoms with Gasteiger partial charge in [-0.05, 0) is 28.7 Å². The molecule has 0 spiro atoms. The van der Waals surface area contributed by atoms with Gasteiger partial charge >= 0.3 is 6.09 Å². The highest BCUT2D eigenvalue weighted by Gasteiger charge is 2.28. The van der Waals surface area contributed by atoms with Gasteiger partial charge in [-0.2, -0.15) is 0 Å². The van der Waals surface area contributed by atoms with Crippen molar-refractivity contribution in [1.29, 1.82) is 0 Å². The quantitative estimate of drug-likeness (QED) is 0.615. The lowest BCUT2D eigenvalue weighted by molar-refractivity contribution is -0.00642. The Labute approximate surface area is 165 Å². The summed E-state index contributed by atoms with van der Waals surface area (Å²) in [6, 6.07) is 16.5. The van der Waals surface area contributed by atoms with Gasteiger partial charge in [-0.15, -0.1) is 0 Å². The Morgan fingerprint density at radius 2 is 1.71 bits per heavy atom. The molecule has 0 saturated carbocycles. The molecule has 0 bridgehead atoms. The second-order valence-electron chi connectivity index (χ2n) is 6.79. The first kappa shape index (κ1) is 20.3. The van der Waals surface area contributed by atoms with Crippen LogP contribution >= 0.6 is 0 Å². The number of nitrogens with one attached hydrogen (secondary N) is 1. The van der Waals surface area contributed by atoms with Crippen LogP contribution in [0.4, 0.5) is 4.79 Å². The van der Waals surface area contributed by atoms with E-state index >= 15 is 0 Å². The molecule has 6 heteroatoms. The Hall–Kier alpha value is -2.41. The predicted octanol–water partition coefficient (Wildman–Crippen LogP) is 2.94. The van der Waals surface area contributed by atoms with Crippen molar-refractivity contribution >= 4 is 6.09 Å². The molecule has 0 aliphatic heterocycles. The Morgan fingerprint density at radius 3 is 2.36 bits per heavy atom. The SMILES string of the molecule is COCC(O)COCCCNC(=O)OCC1c2ccccc2-c2ccccc21. The number of rotatable bonds is 10. The predicted molar refractivity (Wildman–Crippen MR) is 106 cm³/mol. The molecule has 2 aromatic carbocycles. The fourth-order valence-electron chi connectivity index (χ4n) is 3.47. The molecule has 1 aliphatic carbocycles. The Balaban J connectivity index is 1.41. The molecule has 150 valence electrons. The normalized spacial score (nSPS) is 13.6. The first-order valence-corrected chi connectivity index (χ1v) is 9.54. The Kier molecular flexibility index (Phi) is 7.42. The number of benzene rings is 2. The van der Waals surface area contributed by atoms with E-state index in [1.807, 2.05) is 24.3 Å². The highest BCUT2D eigenvalue weighted by molar-refractivity contribution is 5.79. The minimum atomic E-state index is -0.625. The number of fused-ring (bicyclic) bond motifs is 3. The summed E-state index contributed by atoms with van der Waals surface area (Å²) < 4.78 is 15.6. The highest BCUT2D eigenvalue weighted by Crippen LogP contribution is 2.44. The molecule has 6 nitrogen and oxygen atoms in total. The average molecular weight is 385 g/mol. The van der Waals surface area contributed by atoms with Gasteiger partial charge in [0.15, 0.2) is 0 Å². The van der Waals surface area contributed by atoms with E-state index in [0.717, 1.165) is 0 Å². The number of alkyl carbamates (subject to hydrolysis) is 1. The minimum absolute atomic E-state index is 0.0590. The lowest BCUT2D eigenvalue weighted by atomic mass is 9.98. The smallest absolute Gasteiger partial charge is 0.407 e. The minimum Gasteiger partial charge on any atom is -0.449 e. The first-order chi connectivity index (χ1) is 13.7. The van der Waals surface area contributed by atoms with Crippen molar-refractivity contribution in [3.63, 3.8) is 0 Å². The third-order valence-electron chi connectivity index (χ3n) is 4.75. The summed E-state index contributed by atoms with van der Waals surface area (Å²) in [6.07, 6.45) is -0.412. The van der Waals surface area contributed by atoms with Crippen LogP contribution in [-0.4, -0.2) is 57.4 Å². The van der Waals surface area contributed by atoms with Crippen molar-refractivity contribution in [2.24, 2.45) is 0 Å². The van der Waals surface area contributed by atoms with Crippen LogP contribution in [0.15, 0.2) is 48.5 Å². The number of aliphatic hydroxyl groups is 1. The molecule has 1 aliphatic rings. The van der Waals surface area contributed by atoms with E-state index in [2.05, 4.69) is 29.6 Å². The van der Waals surface area contributed by atoms with Crippen molar-refractivity contribution in [2.75, 3.05) is 40.1 Å². The van der Waals surface area contributed by atoms with Crippen molar-refractivity contribution in [2.45, 2.75) is 18.4 Å². The third-order valence-corrected chi connectivity index (χ3v) is 4.75. The number of carbonyl (C=O) groups is 1. The van der Waals surface area contributed by atoms with Crippen molar-refractivity contribution < 1.29 is 24.1 Å². The fourth-order valence-corrected chi connectivity index (χ4v) is 3.47. The Morgan fingerprint density at radius 1 is 1.07 bits per heavy atom. The number of aliphatic hydroxyl groups excluding tert-OH is 1. The zero-order valence-corrected chi connectivity index (χ0v) is 16.1. The van der Waals surface area contributed by atoms with E-state index in [4.69, 9.17) is 14.2 Å². The van der Waals surface area contributed by atoms with E-state index in [9.17, 15) is 9.90 Å². The molecule has 0 aromatic heterocycles. The van der Waals surface area contributed by atoms with Gasteiger partial charge in [-0.25, -0.2) is 4.79 Å². The van der Waals surface area contributed by atoms with Gasteiger partial charge in [0.2, 0.25) is 0 Å². The first-order valence-electron chi connectivity index (χ1n) is 9.54. The molecule has 1 atom stereocenters. The van der Waals surface area contributed by atoms with E-state index in [0.29, 0.717) is 26.2 Å². The van der Waals surface area contributed by atoms with Gasteiger partial charge in [0.25, 0.3) is 0 Å². The van der Waals surface area contributed by atoms with E-state index in [-0.39, 0.29) is 19.1 Å². The van der Waals surface area contributed by atoms with Crippen LogP contribution < -0.4 is 5.32 Å². The average Bonchev–Trinajstić information content (AvgIpc) is 3.03. The van der Waals surface area contributed by atoms with Gasteiger partial charge in [-0.3, -0.25) is 0 Å². The van der Waals surface area contributed by atoms with Crippen LogP contribution in [0, 0.1) is 0 Å². The monoisotopic (exact) mass is 385 g/mol. The molecule has 0 heterocycles. The van der Waals surface area contributed by atoms with Gasteiger partial charge in [0, 0.05) is 26.2 Å². The van der Waals surface area contributed by atoms with Crippen molar-refractivity contribution in [3.05, 3.63) is 59.7 Å². The zero-order chi connectivity index (χ0) is 19.8. The second-order valence-corrected chi connectivity index (χ2v) is 6.79. The number of hydrogen-bond acceptors (Lipinski definition) is 5. The van der Waals surface area contributed by atoms with Crippen LogP contribution in [0.1, 0.15) is 23.5 Å². The molecular formula is C22H27NO5. The summed E-state index contributed by atoms with van der Waals surface area (Å²) in [5, 5.41) is 12.2. The van der Waals surface area contributed by atoms with E-state index in [1.165, 1.54) is 29.4 Å². The second kappa shape index (κ2) is 10.2. The van der Waals surface area contributed by atoms with Crippen molar-refractivity contribution in [1.82, 2.24) is 5.32 Å². The summed E-state index contributed by atoms with van der Waals surface area (Å²) >= 11 is 0. The number of hydrogen-bond donors (Lipinski definition) is 2. The zero-order valence-electron chi connectivity index (χ0n) is 16.1. The number of carbonyl (C=O) groups excluding carboxylic acids is 1. The number of amides is 1. The van der Waals surface area contributed by atoms with Crippen LogP contribution in [0.5, 0.6) is 0 Å².